The van der Waals surface area contributed by atoms with Crippen molar-refractivity contribution < 1.29 is 0 Å². The van der Waals surface area contributed by atoms with E-state index in [4.69, 9.17) is 11.6 Å². The van der Waals surface area contributed by atoms with E-state index in [9.17, 15) is 0 Å². The third kappa shape index (κ3) is 2.11. The second kappa shape index (κ2) is 4.38. The van der Waals surface area contributed by atoms with Crippen molar-refractivity contribution in [2.75, 3.05) is 7.05 Å². The van der Waals surface area contributed by atoms with E-state index in [-0.39, 0.29) is 0 Å². The highest BCUT2D eigenvalue weighted by Crippen LogP contribution is 2.48. The predicted molar refractivity (Wildman–Crippen MR) is 70.0 cm³/mol. The quantitative estimate of drug-likeness (QED) is 0.842. The average Bonchev–Trinajstić information content (AvgIpc) is 2.92. The molecule has 1 aromatic carbocycles. The van der Waals surface area contributed by atoms with Crippen molar-refractivity contribution in [2.45, 2.75) is 33.2 Å². The van der Waals surface area contributed by atoms with Gasteiger partial charge in [0.05, 0.1) is 0 Å². The fourth-order valence-electron chi connectivity index (χ4n) is 2.46. The largest absolute Gasteiger partial charge is 0.313 e. The summed E-state index contributed by atoms with van der Waals surface area (Å²) >= 11 is 6.35. The normalized spacial score (nSPS) is 25.6. The monoisotopic (exact) mass is 237 g/mol. The highest BCUT2D eigenvalue weighted by Gasteiger charge is 2.40. The lowest BCUT2D eigenvalue weighted by Crippen LogP contribution is -2.19. The molecule has 0 aliphatic heterocycles. The first-order valence-electron chi connectivity index (χ1n) is 5.98. The van der Waals surface area contributed by atoms with Crippen molar-refractivity contribution >= 4 is 11.6 Å². The Labute approximate surface area is 103 Å². The lowest BCUT2D eigenvalue weighted by molar-refractivity contribution is 0.504. The zero-order valence-electron chi connectivity index (χ0n) is 10.5. The molecule has 0 radical (unpaired) electrons. The van der Waals surface area contributed by atoms with Gasteiger partial charge < -0.3 is 5.32 Å². The molecule has 1 fully saturated rings. The second-order valence-corrected chi connectivity index (χ2v) is 5.51. The lowest BCUT2D eigenvalue weighted by atomic mass is 9.97. The molecule has 0 heterocycles. The number of hydrogen-bond acceptors (Lipinski definition) is 1. The van der Waals surface area contributed by atoms with Crippen LogP contribution in [-0.4, -0.2) is 7.05 Å². The minimum absolute atomic E-state index is 0.418. The maximum atomic E-state index is 6.35. The first-order valence-corrected chi connectivity index (χ1v) is 6.36. The van der Waals surface area contributed by atoms with E-state index in [2.05, 4.69) is 38.2 Å². The number of aryl methyl sites for hydroxylation is 2. The molecule has 1 aliphatic rings. The second-order valence-electron chi connectivity index (χ2n) is 5.10. The van der Waals surface area contributed by atoms with Crippen LogP contribution in [0.25, 0.3) is 0 Å². The van der Waals surface area contributed by atoms with Crippen LogP contribution in [0, 0.1) is 25.7 Å². The van der Waals surface area contributed by atoms with E-state index in [1.165, 1.54) is 23.1 Å². The highest BCUT2D eigenvalue weighted by atomic mass is 35.5. The zero-order chi connectivity index (χ0) is 11.9. The Bertz CT molecular complexity index is 400. The molecule has 0 spiro atoms. The summed E-state index contributed by atoms with van der Waals surface area (Å²) < 4.78 is 0. The first-order chi connectivity index (χ1) is 7.54. The molecular weight excluding hydrogens is 218 g/mol. The number of hydrogen-bond donors (Lipinski definition) is 1. The van der Waals surface area contributed by atoms with Gasteiger partial charge in [-0.05, 0) is 61.9 Å². The standard InChI is InChI=1S/C14H20ClN/c1-8-5-12(13(15)7-9(8)2)14(16-4)11-6-10(11)3/h5,7,10-11,14,16H,6H2,1-4H3. The zero-order valence-corrected chi connectivity index (χ0v) is 11.2. The maximum Gasteiger partial charge on any atom is 0.0456 e. The van der Waals surface area contributed by atoms with Crippen LogP contribution in [0.2, 0.25) is 5.02 Å². The minimum atomic E-state index is 0.418. The van der Waals surface area contributed by atoms with Crippen LogP contribution < -0.4 is 5.32 Å². The van der Waals surface area contributed by atoms with E-state index >= 15 is 0 Å². The molecule has 0 amide bonds. The molecule has 88 valence electrons. The molecular formula is C14H20ClN. The Hall–Kier alpha value is -0.530. The van der Waals surface area contributed by atoms with Crippen LogP contribution in [0.1, 0.15) is 36.1 Å². The van der Waals surface area contributed by atoms with Gasteiger partial charge in [0.15, 0.2) is 0 Å². The summed E-state index contributed by atoms with van der Waals surface area (Å²) in [5, 5.41) is 4.32. The smallest absolute Gasteiger partial charge is 0.0456 e. The molecule has 2 rings (SSSR count). The van der Waals surface area contributed by atoms with Gasteiger partial charge in [0.1, 0.15) is 0 Å². The van der Waals surface area contributed by atoms with Crippen molar-refractivity contribution in [3.63, 3.8) is 0 Å². The van der Waals surface area contributed by atoms with E-state index in [0.717, 1.165) is 16.9 Å². The van der Waals surface area contributed by atoms with E-state index in [1.807, 2.05) is 7.05 Å². The first kappa shape index (κ1) is 11.9. The SMILES string of the molecule is CNC(c1cc(C)c(C)cc1Cl)C1CC1C. The van der Waals surface area contributed by atoms with Gasteiger partial charge in [-0.15, -0.1) is 0 Å². The number of nitrogens with one attached hydrogen (secondary N) is 1. The van der Waals surface area contributed by atoms with E-state index < -0.39 is 0 Å². The van der Waals surface area contributed by atoms with Crippen LogP contribution in [0.5, 0.6) is 0 Å². The molecule has 1 aromatic rings. The molecule has 3 atom stereocenters. The summed E-state index contributed by atoms with van der Waals surface area (Å²) in [4.78, 5) is 0. The Balaban J connectivity index is 2.34. The molecule has 2 heteroatoms. The number of halogens is 1. The van der Waals surface area contributed by atoms with Gasteiger partial charge in [0, 0.05) is 11.1 Å². The summed E-state index contributed by atoms with van der Waals surface area (Å²) in [5.41, 5.74) is 3.86. The molecule has 0 aromatic heterocycles. The van der Waals surface area contributed by atoms with Gasteiger partial charge in [-0.3, -0.25) is 0 Å². The Kier molecular flexibility index (Phi) is 3.27. The summed E-state index contributed by atoms with van der Waals surface area (Å²) in [6.07, 6.45) is 1.31. The van der Waals surface area contributed by atoms with Crippen LogP contribution in [0.4, 0.5) is 0 Å². The van der Waals surface area contributed by atoms with Gasteiger partial charge in [-0.1, -0.05) is 24.6 Å². The summed E-state index contributed by atoms with van der Waals surface area (Å²) in [6, 6.07) is 4.75. The molecule has 1 aliphatic carbocycles. The molecule has 1 saturated carbocycles. The topological polar surface area (TPSA) is 12.0 Å². The molecule has 1 N–H and O–H groups in total. The summed E-state index contributed by atoms with van der Waals surface area (Å²) in [7, 11) is 2.03. The summed E-state index contributed by atoms with van der Waals surface area (Å²) in [5.74, 6) is 1.58. The van der Waals surface area contributed by atoms with Gasteiger partial charge in [-0.25, -0.2) is 0 Å². The van der Waals surface area contributed by atoms with Crippen molar-refractivity contribution in [3.05, 3.63) is 33.8 Å². The Morgan fingerprint density at radius 3 is 2.38 bits per heavy atom. The average molecular weight is 238 g/mol. The summed E-state index contributed by atoms with van der Waals surface area (Å²) in [6.45, 7) is 6.57. The third-order valence-electron chi connectivity index (χ3n) is 3.86. The van der Waals surface area contributed by atoms with Gasteiger partial charge in [0.25, 0.3) is 0 Å². The molecule has 0 saturated heterocycles. The number of rotatable bonds is 3. The van der Waals surface area contributed by atoms with Crippen LogP contribution in [0.3, 0.4) is 0 Å². The molecule has 3 unspecified atom stereocenters. The Morgan fingerprint density at radius 1 is 1.31 bits per heavy atom. The van der Waals surface area contributed by atoms with E-state index in [1.54, 1.807) is 0 Å². The van der Waals surface area contributed by atoms with Crippen molar-refractivity contribution in [1.29, 1.82) is 0 Å². The third-order valence-corrected chi connectivity index (χ3v) is 4.19. The van der Waals surface area contributed by atoms with Crippen molar-refractivity contribution in [2.24, 2.45) is 11.8 Å². The highest BCUT2D eigenvalue weighted by molar-refractivity contribution is 6.31. The fourth-order valence-corrected chi connectivity index (χ4v) is 2.79. The van der Waals surface area contributed by atoms with Gasteiger partial charge >= 0.3 is 0 Å². The molecule has 1 nitrogen and oxygen atoms in total. The minimum Gasteiger partial charge on any atom is -0.313 e. The van der Waals surface area contributed by atoms with E-state index in [0.29, 0.717) is 6.04 Å². The Morgan fingerprint density at radius 2 is 1.88 bits per heavy atom. The van der Waals surface area contributed by atoms with Gasteiger partial charge in [-0.2, -0.15) is 0 Å². The molecule has 0 bridgehead atoms. The van der Waals surface area contributed by atoms with Gasteiger partial charge in [0.2, 0.25) is 0 Å². The van der Waals surface area contributed by atoms with Crippen LogP contribution in [0.15, 0.2) is 12.1 Å². The van der Waals surface area contributed by atoms with Crippen LogP contribution in [-0.2, 0) is 0 Å². The van der Waals surface area contributed by atoms with Crippen LogP contribution >= 0.6 is 11.6 Å². The van der Waals surface area contributed by atoms with Crippen molar-refractivity contribution in [3.8, 4) is 0 Å². The molecule has 16 heavy (non-hydrogen) atoms. The van der Waals surface area contributed by atoms with Crippen molar-refractivity contribution in [1.82, 2.24) is 5.32 Å². The maximum absolute atomic E-state index is 6.35. The lowest BCUT2D eigenvalue weighted by Gasteiger charge is -2.19. The fraction of sp³-hybridized carbons (Fsp3) is 0.571. The predicted octanol–water partition coefficient (Wildman–Crippen LogP) is 3.87. The number of benzene rings is 1.